The molecular weight excluding hydrogens is 222 g/mol. The van der Waals surface area contributed by atoms with Crippen LogP contribution in [-0.4, -0.2) is 24.5 Å². The molecule has 0 atom stereocenters. The second-order valence-electron chi connectivity index (χ2n) is 3.38. The van der Waals surface area contributed by atoms with Gasteiger partial charge in [0.25, 0.3) is 0 Å². The number of nitrogens with two attached hydrogens (primary N) is 1. The second kappa shape index (κ2) is 3.97. The number of aromatic nitrogens is 4. The smallest absolute Gasteiger partial charge is 0.173 e. The van der Waals surface area contributed by atoms with Crippen molar-refractivity contribution in [3.8, 4) is 5.82 Å². The van der Waals surface area contributed by atoms with Gasteiger partial charge in [-0.2, -0.15) is 0 Å². The molecule has 0 aromatic carbocycles. The van der Waals surface area contributed by atoms with Gasteiger partial charge in [-0.1, -0.05) is 12.2 Å². The lowest BCUT2D eigenvalue weighted by Crippen LogP contribution is -2.17. The quantitative estimate of drug-likeness (QED) is 0.781. The maximum atomic E-state index is 5.56. The SMILES string of the molecule is Cc1ncc(-n2ccnc2C(N)=S)nc1C. The van der Waals surface area contributed by atoms with E-state index in [2.05, 4.69) is 15.0 Å². The summed E-state index contributed by atoms with van der Waals surface area (Å²) in [5.41, 5.74) is 7.34. The van der Waals surface area contributed by atoms with Crippen molar-refractivity contribution in [2.45, 2.75) is 13.8 Å². The zero-order valence-electron chi connectivity index (χ0n) is 9.01. The average molecular weight is 233 g/mol. The van der Waals surface area contributed by atoms with Gasteiger partial charge in [0.1, 0.15) is 4.99 Å². The highest BCUT2D eigenvalue weighted by Gasteiger charge is 2.09. The number of nitrogens with zero attached hydrogens (tertiary/aromatic N) is 4. The minimum Gasteiger partial charge on any atom is -0.387 e. The Morgan fingerprint density at radius 2 is 2.06 bits per heavy atom. The van der Waals surface area contributed by atoms with E-state index < -0.39 is 0 Å². The molecule has 2 aromatic rings. The summed E-state index contributed by atoms with van der Waals surface area (Å²) in [5.74, 6) is 1.19. The summed E-state index contributed by atoms with van der Waals surface area (Å²) in [4.78, 5) is 13.0. The normalized spacial score (nSPS) is 10.4. The van der Waals surface area contributed by atoms with Crippen LogP contribution in [0.25, 0.3) is 5.82 Å². The van der Waals surface area contributed by atoms with Crippen molar-refractivity contribution in [1.29, 1.82) is 0 Å². The predicted octanol–water partition coefficient (Wildman–Crippen LogP) is 0.913. The summed E-state index contributed by atoms with van der Waals surface area (Å²) in [7, 11) is 0. The van der Waals surface area contributed by atoms with E-state index in [-0.39, 0.29) is 4.99 Å². The Bertz CT molecular complexity index is 546. The van der Waals surface area contributed by atoms with Gasteiger partial charge in [-0.15, -0.1) is 0 Å². The minimum absolute atomic E-state index is 0.241. The number of imidazole rings is 1. The van der Waals surface area contributed by atoms with Crippen molar-refractivity contribution in [3.05, 3.63) is 35.8 Å². The Morgan fingerprint density at radius 1 is 1.31 bits per heavy atom. The molecule has 2 N–H and O–H groups in total. The first kappa shape index (κ1) is 10.7. The van der Waals surface area contributed by atoms with Crippen molar-refractivity contribution in [2.24, 2.45) is 5.73 Å². The van der Waals surface area contributed by atoms with E-state index >= 15 is 0 Å². The van der Waals surface area contributed by atoms with Crippen molar-refractivity contribution in [2.75, 3.05) is 0 Å². The summed E-state index contributed by atoms with van der Waals surface area (Å²) >= 11 is 4.91. The summed E-state index contributed by atoms with van der Waals surface area (Å²) in [6, 6.07) is 0. The van der Waals surface area contributed by atoms with E-state index in [0.717, 1.165) is 11.4 Å². The highest BCUT2D eigenvalue weighted by atomic mass is 32.1. The molecule has 6 heteroatoms. The molecule has 2 heterocycles. The van der Waals surface area contributed by atoms with Gasteiger partial charge < -0.3 is 5.73 Å². The monoisotopic (exact) mass is 233 g/mol. The van der Waals surface area contributed by atoms with E-state index in [1.807, 2.05) is 13.8 Å². The lowest BCUT2D eigenvalue weighted by Gasteiger charge is -2.06. The summed E-state index contributed by atoms with van der Waals surface area (Å²) in [5, 5.41) is 0. The first-order valence-electron chi connectivity index (χ1n) is 4.73. The highest BCUT2D eigenvalue weighted by Crippen LogP contribution is 2.09. The molecule has 0 bridgehead atoms. The maximum absolute atomic E-state index is 5.56. The third-order valence-electron chi connectivity index (χ3n) is 2.29. The molecule has 0 saturated carbocycles. The van der Waals surface area contributed by atoms with E-state index in [1.54, 1.807) is 23.2 Å². The van der Waals surface area contributed by atoms with Crippen LogP contribution in [0.1, 0.15) is 17.2 Å². The number of hydrogen-bond donors (Lipinski definition) is 1. The van der Waals surface area contributed by atoms with Crippen LogP contribution in [0.5, 0.6) is 0 Å². The van der Waals surface area contributed by atoms with Crippen LogP contribution >= 0.6 is 12.2 Å². The van der Waals surface area contributed by atoms with E-state index in [0.29, 0.717) is 11.6 Å². The molecule has 0 aliphatic rings. The molecular formula is C10H11N5S. The van der Waals surface area contributed by atoms with Gasteiger partial charge in [0.2, 0.25) is 0 Å². The number of aryl methyl sites for hydroxylation is 2. The molecule has 0 aliphatic carbocycles. The molecule has 0 aliphatic heterocycles. The van der Waals surface area contributed by atoms with Crippen molar-refractivity contribution in [3.63, 3.8) is 0 Å². The summed E-state index contributed by atoms with van der Waals surface area (Å²) in [6.45, 7) is 3.82. The average Bonchev–Trinajstić information content (AvgIpc) is 2.71. The van der Waals surface area contributed by atoms with Crippen LogP contribution in [0.2, 0.25) is 0 Å². The molecule has 0 saturated heterocycles. The minimum atomic E-state index is 0.241. The van der Waals surface area contributed by atoms with Gasteiger partial charge in [-0.05, 0) is 13.8 Å². The second-order valence-corrected chi connectivity index (χ2v) is 3.82. The third kappa shape index (κ3) is 1.79. The van der Waals surface area contributed by atoms with E-state index in [4.69, 9.17) is 18.0 Å². The lowest BCUT2D eigenvalue weighted by molar-refractivity contribution is 0.921. The number of hydrogen-bond acceptors (Lipinski definition) is 4. The Balaban J connectivity index is 2.54. The molecule has 16 heavy (non-hydrogen) atoms. The summed E-state index contributed by atoms with van der Waals surface area (Å²) in [6.07, 6.45) is 5.06. The Kier molecular flexibility index (Phi) is 2.66. The first-order chi connectivity index (χ1) is 7.59. The third-order valence-corrected chi connectivity index (χ3v) is 2.47. The fourth-order valence-corrected chi connectivity index (χ4v) is 1.47. The fraction of sp³-hybridized carbons (Fsp3) is 0.200. The predicted molar refractivity (Wildman–Crippen MR) is 64.5 cm³/mol. The molecule has 0 radical (unpaired) electrons. The Labute approximate surface area is 98.4 Å². The fourth-order valence-electron chi connectivity index (χ4n) is 1.32. The van der Waals surface area contributed by atoms with E-state index in [1.165, 1.54) is 0 Å². The standard InChI is InChI=1S/C10H11N5S/c1-6-7(2)14-8(5-13-6)15-4-3-12-10(15)9(11)16/h3-5H,1-2H3,(H2,11,16). The van der Waals surface area contributed by atoms with Crippen molar-refractivity contribution in [1.82, 2.24) is 19.5 Å². The molecule has 0 amide bonds. The molecule has 5 nitrogen and oxygen atoms in total. The molecule has 0 unspecified atom stereocenters. The summed E-state index contributed by atoms with van der Waals surface area (Å²) < 4.78 is 1.72. The molecule has 0 spiro atoms. The molecule has 2 aromatic heterocycles. The van der Waals surface area contributed by atoms with Crippen LogP contribution in [0, 0.1) is 13.8 Å². The van der Waals surface area contributed by atoms with Crippen LogP contribution in [0.4, 0.5) is 0 Å². The number of thiocarbonyl (C=S) groups is 1. The van der Waals surface area contributed by atoms with Crippen LogP contribution < -0.4 is 5.73 Å². The molecule has 82 valence electrons. The van der Waals surface area contributed by atoms with Gasteiger partial charge in [0.05, 0.1) is 17.6 Å². The molecule has 0 fully saturated rings. The highest BCUT2D eigenvalue weighted by molar-refractivity contribution is 7.80. The molecule has 2 rings (SSSR count). The van der Waals surface area contributed by atoms with Crippen LogP contribution in [0.3, 0.4) is 0 Å². The maximum Gasteiger partial charge on any atom is 0.173 e. The van der Waals surface area contributed by atoms with Gasteiger partial charge in [0.15, 0.2) is 11.6 Å². The van der Waals surface area contributed by atoms with Crippen molar-refractivity contribution >= 4 is 17.2 Å². The Hall–Kier alpha value is -1.82. The zero-order valence-corrected chi connectivity index (χ0v) is 9.82. The largest absolute Gasteiger partial charge is 0.387 e. The van der Waals surface area contributed by atoms with Gasteiger partial charge >= 0.3 is 0 Å². The van der Waals surface area contributed by atoms with Crippen LogP contribution in [-0.2, 0) is 0 Å². The lowest BCUT2D eigenvalue weighted by atomic mass is 10.3. The van der Waals surface area contributed by atoms with Gasteiger partial charge in [0, 0.05) is 12.4 Å². The Morgan fingerprint density at radius 3 is 2.69 bits per heavy atom. The topological polar surface area (TPSA) is 69.6 Å². The van der Waals surface area contributed by atoms with Crippen LogP contribution in [0.15, 0.2) is 18.6 Å². The van der Waals surface area contributed by atoms with Gasteiger partial charge in [-0.25, -0.2) is 9.97 Å². The zero-order chi connectivity index (χ0) is 11.7. The van der Waals surface area contributed by atoms with E-state index in [9.17, 15) is 0 Å². The number of rotatable bonds is 2. The first-order valence-corrected chi connectivity index (χ1v) is 5.14. The van der Waals surface area contributed by atoms with Gasteiger partial charge in [-0.3, -0.25) is 9.55 Å². The van der Waals surface area contributed by atoms with Crippen molar-refractivity contribution < 1.29 is 0 Å².